The van der Waals surface area contributed by atoms with E-state index in [1.54, 1.807) is 0 Å². The fourth-order valence-corrected chi connectivity index (χ4v) is 7.13. The minimum Gasteiger partial charge on any atom is -0.456 e. The van der Waals surface area contributed by atoms with Crippen LogP contribution < -0.4 is 4.90 Å². The van der Waals surface area contributed by atoms with Crippen LogP contribution in [0.25, 0.3) is 77.2 Å². The fourth-order valence-electron chi connectivity index (χ4n) is 7.13. The Balaban J connectivity index is 1.18. The summed E-state index contributed by atoms with van der Waals surface area (Å²) in [5, 5.41) is 6.72. The summed E-state index contributed by atoms with van der Waals surface area (Å²) in [5.41, 5.74) is 9.61. The van der Waals surface area contributed by atoms with Crippen molar-refractivity contribution in [3.8, 4) is 22.6 Å². The second-order valence-electron chi connectivity index (χ2n) is 12.4. The van der Waals surface area contributed by atoms with Crippen LogP contribution in [0.15, 0.2) is 179 Å². The molecule has 0 aliphatic carbocycles. The molecule has 0 saturated heterocycles. The summed E-state index contributed by atoms with van der Waals surface area (Å²) < 4.78 is 12.8. The van der Waals surface area contributed by atoms with Gasteiger partial charge in [0, 0.05) is 33.1 Å². The van der Waals surface area contributed by atoms with E-state index in [1.165, 1.54) is 5.39 Å². The molecule has 0 amide bonds. The summed E-state index contributed by atoms with van der Waals surface area (Å²) >= 11 is 0. The van der Waals surface area contributed by atoms with E-state index in [4.69, 9.17) is 13.8 Å². The van der Waals surface area contributed by atoms with Gasteiger partial charge in [0.1, 0.15) is 16.7 Å². The van der Waals surface area contributed by atoms with Crippen molar-refractivity contribution in [3.63, 3.8) is 0 Å². The molecule has 0 saturated carbocycles. The third kappa shape index (κ3) is 4.49. The Kier molecular flexibility index (Phi) is 6.15. The van der Waals surface area contributed by atoms with Crippen LogP contribution in [0.1, 0.15) is 0 Å². The number of furan rings is 1. The predicted molar refractivity (Wildman–Crippen MR) is 202 cm³/mol. The largest absolute Gasteiger partial charge is 0.456 e. The van der Waals surface area contributed by atoms with Crippen LogP contribution in [-0.2, 0) is 0 Å². The highest BCUT2D eigenvalue weighted by Gasteiger charge is 2.23. The van der Waals surface area contributed by atoms with E-state index in [9.17, 15) is 0 Å². The Bertz CT molecular complexity index is 2820. The van der Waals surface area contributed by atoms with Crippen LogP contribution in [0.2, 0.25) is 0 Å². The Morgan fingerprint density at radius 1 is 0.429 bits per heavy atom. The molecular formula is C45H28N2O2. The molecule has 0 unspecified atom stereocenters. The second kappa shape index (κ2) is 11.0. The van der Waals surface area contributed by atoms with Gasteiger partial charge in [-0.15, -0.1) is 0 Å². The summed E-state index contributed by atoms with van der Waals surface area (Å²) in [6.07, 6.45) is 0. The summed E-state index contributed by atoms with van der Waals surface area (Å²) in [5.74, 6) is 0.600. The van der Waals surface area contributed by atoms with Crippen molar-refractivity contribution in [3.05, 3.63) is 170 Å². The number of rotatable bonds is 5. The maximum atomic E-state index is 6.73. The summed E-state index contributed by atoms with van der Waals surface area (Å²) in [7, 11) is 0. The van der Waals surface area contributed by atoms with Crippen molar-refractivity contribution in [2.45, 2.75) is 0 Å². The molecule has 0 bridgehead atoms. The number of hydrogen-bond acceptors (Lipinski definition) is 4. The van der Waals surface area contributed by atoms with Crippen molar-refractivity contribution >= 4 is 71.6 Å². The minimum absolute atomic E-state index is 0.600. The molecule has 10 aromatic rings. The molecule has 8 aromatic carbocycles. The van der Waals surface area contributed by atoms with Crippen LogP contribution in [0.3, 0.4) is 0 Å². The summed E-state index contributed by atoms with van der Waals surface area (Å²) in [6.45, 7) is 0. The summed E-state index contributed by atoms with van der Waals surface area (Å²) in [4.78, 5) is 7.49. The zero-order chi connectivity index (χ0) is 32.3. The molecule has 0 spiro atoms. The van der Waals surface area contributed by atoms with Gasteiger partial charge in [-0.2, -0.15) is 0 Å². The lowest BCUT2D eigenvalue weighted by atomic mass is 9.99. The normalized spacial score (nSPS) is 11.7. The molecule has 2 heterocycles. The topological polar surface area (TPSA) is 42.4 Å². The van der Waals surface area contributed by atoms with Gasteiger partial charge in [-0.3, -0.25) is 0 Å². The molecule has 0 fully saturated rings. The molecule has 0 N–H and O–H groups in total. The third-order valence-electron chi connectivity index (χ3n) is 9.46. The van der Waals surface area contributed by atoms with E-state index in [-0.39, 0.29) is 0 Å². The predicted octanol–water partition coefficient (Wildman–Crippen LogP) is 12.8. The molecular weight excluding hydrogens is 601 g/mol. The lowest BCUT2D eigenvalue weighted by Crippen LogP contribution is -2.10. The molecule has 4 nitrogen and oxygen atoms in total. The van der Waals surface area contributed by atoms with Gasteiger partial charge in [0.25, 0.3) is 0 Å². The highest BCUT2D eigenvalue weighted by atomic mass is 16.3. The van der Waals surface area contributed by atoms with Crippen molar-refractivity contribution in [2.24, 2.45) is 0 Å². The maximum Gasteiger partial charge on any atom is 0.227 e. The van der Waals surface area contributed by atoms with E-state index in [2.05, 4.69) is 126 Å². The van der Waals surface area contributed by atoms with Crippen LogP contribution in [0, 0.1) is 0 Å². The molecule has 4 heteroatoms. The van der Waals surface area contributed by atoms with E-state index < -0.39 is 0 Å². The number of anilines is 3. The van der Waals surface area contributed by atoms with Gasteiger partial charge >= 0.3 is 0 Å². The monoisotopic (exact) mass is 628 g/mol. The molecule has 0 aliphatic heterocycles. The Morgan fingerprint density at radius 3 is 1.92 bits per heavy atom. The van der Waals surface area contributed by atoms with Crippen molar-refractivity contribution in [1.82, 2.24) is 4.98 Å². The second-order valence-corrected chi connectivity index (χ2v) is 12.4. The standard InChI is InChI=1S/C45H28N2O2/c1-3-12-31(13-4-1)45-46-43-39(28-33-20-19-30-11-7-8-16-36(30)42(33)44(43)49-45)47(34-14-5-2-6-15-34)35-24-21-29(22-25-35)32-23-26-41-38(27-32)37-17-9-10-18-40(37)48-41/h1-28H. The smallest absolute Gasteiger partial charge is 0.227 e. The van der Waals surface area contributed by atoms with Crippen LogP contribution >= 0.6 is 0 Å². The van der Waals surface area contributed by atoms with Crippen molar-refractivity contribution in [1.29, 1.82) is 0 Å². The lowest BCUT2D eigenvalue weighted by molar-refractivity contribution is 0.623. The van der Waals surface area contributed by atoms with Crippen LogP contribution in [-0.4, -0.2) is 4.98 Å². The quantitative estimate of drug-likeness (QED) is 0.178. The van der Waals surface area contributed by atoms with Gasteiger partial charge in [0.2, 0.25) is 5.89 Å². The van der Waals surface area contributed by atoms with E-state index in [0.29, 0.717) is 5.89 Å². The Hall–Kier alpha value is -6.65. The highest BCUT2D eigenvalue weighted by molar-refractivity contribution is 6.21. The van der Waals surface area contributed by atoms with Gasteiger partial charge in [-0.05, 0) is 87.9 Å². The molecule has 10 rings (SSSR count). The molecule has 0 aliphatic rings. The van der Waals surface area contributed by atoms with Crippen molar-refractivity contribution < 1.29 is 8.83 Å². The maximum absolute atomic E-state index is 6.73. The number of hydrogen-bond donors (Lipinski definition) is 0. The average molecular weight is 629 g/mol. The first-order valence-electron chi connectivity index (χ1n) is 16.5. The first-order valence-corrected chi connectivity index (χ1v) is 16.5. The number of fused-ring (bicyclic) bond motifs is 8. The number of benzene rings is 8. The number of oxazole rings is 1. The lowest BCUT2D eigenvalue weighted by Gasteiger charge is -2.26. The van der Waals surface area contributed by atoms with Crippen LogP contribution in [0.5, 0.6) is 0 Å². The zero-order valence-electron chi connectivity index (χ0n) is 26.4. The Labute approximate surface area is 282 Å². The SMILES string of the molecule is c1ccc(-c2nc3c(N(c4ccccc4)c4ccc(-c5ccc6oc7ccccc7c6c5)cc4)cc4ccc5ccccc5c4c3o2)cc1. The van der Waals surface area contributed by atoms with Crippen LogP contribution in [0.4, 0.5) is 17.1 Å². The number of aromatic nitrogens is 1. The van der Waals surface area contributed by atoms with E-state index in [1.807, 2.05) is 48.5 Å². The molecule has 0 atom stereocenters. The number of nitrogens with zero attached hydrogens (tertiary/aromatic N) is 2. The molecule has 0 radical (unpaired) electrons. The first kappa shape index (κ1) is 27.5. The first-order chi connectivity index (χ1) is 24.3. The highest BCUT2D eigenvalue weighted by Crippen LogP contribution is 2.45. The van der Waals surface area contributed by atoms with Gasteiger partial charge in [-0.25, -0.2) is 4.98 Å². The average Bonchev–Trinajstić information content (AvgIpc) is 3.78. The molecule has 230 valence electrons. The summed E-state index contributed by atoms with van der Waals surface area (Å²) in [6, 6.07) is 59.1. The molecule has 2 aromatic heterocycles. The molecule has 49 heavy (non-hydrogen) atoms. The van der Waals surface area contributed by atoms with E-state index in [0.717, 1.165) is 82.9 Å². The van der Waals surface area contributed by atoms with Gasteiger partial charge in [-0.1, -0.05) is 109 Å². The zero-order valence-corrected chi connectivity index (χ0v) is 26.4. The van der Waals surface area contributed by atoms with E-state index >= 15 is 0 Å². The van der Waals surface area contributed by atoms with Gasteiger partial charge in [0.05, 0.1) is 5.69 Å². The minimum atomic E-state index is 0.600. The van der Waals surface area contributed by atoms with Gasteiger partial charge < -0.3 is 13.7 Å². The third-order valence-corrected chi connectivity index (χ3v) is 9.46. The fraction of sp³-hybridized carbons (Fsp3) is 0. The number of para-hydroxylation sites is 2. The Morgan fingerprint density at radius 2 is 1.08 bits per heavy atom. The van der Waals surface area contributed by atoms with Crippen molar-refractivity contribution in [2.75, 3.05) is 4.90 Å². The van der Waals surface area contributed by atoms with Gasteiger partial charge in [0.15, 0.2) is 5.58 Å².